The molecule has 0 saturated carbocycles. The standard InChI is InChI=1S/C20H20F2N2O/c1-24-11-10-20(19(24)25)9-8-17(23-20)14-5-2-4-13(12-14)15-6-3-7-16(21)18(15)22/h2-7,12,17,23H,8-11H2,1H3/t17-,20-/m0/s1. The van der Waals surface area contributed by atoms with Crippen molar-refractivity contribution in [1.29, 1.82) is 0 Å². The molecule has 130 valence electrons. The summed E-state index contributed by atoms with van der Waals surface area (Å²) < 4.78 is 27.6. The van der Waals surface area contributed by atoms with Crippen molar-refractivity contribution in [3.05, 3.63) is 59.7 Å². The average molecular weight is 342 g/mol. The van der Waals surface area contributed by atoms with Crippen LogP contribution < -0.4 is 5.32 Å². The number of likely N-dealkylation sites (N-methyl/N-ethyl adjacent to an activating group) is 1. The zero-order chi connectivity index (χ0) is 17.6. The first-order valence-electron chi connectivity index (χ1n) is 8.58. The molecule has 25 heavy (non-hydrogen) atoms. The Morgan fingerprint density at radius 1 is 1.16 bits per heavy atom. The molecule has 0 aliphatic carbocycles. The normalized spacial score (nSPS) is 26.0. The fourth-order valence-electron chi connectivity index (χ4n) is 4.07. The van der Waals surface area contributed by atoms with Gasteiger partial charge in [-0.15, -0.1) is 0 Å². The molecule has 2 fully saturated rings. The maximum Gasteiger partial charge on any atom is 0.242 e. The van der Waals surface area contributed by atoms with Crippen LogP contribution in [0.15, 0.2) is 42.5 Å². The van der Waals surface area contributed by atoms with E-state index in [4.69, 9.17) is 0 Å². The Kier molecular flexibility index (Phi) is 3.84. The second-order valence-electron chi connectivity index (χ2n) is 7.02. The third-order valence-corrected chi connectivity index (χ3v) is 5.49. The Balaban J connectivity index is 1.63. The third kappa shape index (κ3) is 2.63. The van der Waals surface area contributed by atoms with Crippen molar-refractivity contribution in [1.82, 2.24) is 10.2 Å². The van der Waals surface area contributed by atoms with Crippen molar-refractivity contribution in [2.24, 2.45) is 0 Å². The summed E-state index contributed by atoms with van der Waals surface area (Å²) in [6, 6.07) is 11.7. The van der Waals surface area contributed by atoms with Gasteiger partial charge in [-0.2, -0.15) is 0 Å². The van der Waals surface area contributed by atoms with E-state index in [2.05, 4.69) is 5.32 Å². The first-order chi connectivity index (χ1) is 12.0. The van der Waals surface area contributed by atoms with Gasteiger partial charge in [-0.3, -0.25) is 10.1 Å². The minimum atomic E-state index is -0.847. The Morgan fingerprint density at radius 3 is 2.72 bits per heavy atom. The topological polar surface area (TPSA) is 32.3 Å². The summed E-state index contributed by atoms with van der Waals surface area (Å²) in [5.74, 6) is -1.52. The smallest absolute Gasteiger partial charge is 0.242 e. The highest BCUT2D eigenvalue weighted by molar-refractivity contribution is 5.88. The maximum absolute atomic E-state index is 14.1. The summed E-state index contributed by atoms with van der Waals surface area (Å²) in [6.07, 6.45) is 2.48. The molecule has 0 bridgehead atoms. The molecule has 5 heteroatoms. The number of carbonyl (C=O) groups excluding carboxylic acids is 1. The largest absolute Gasteiger partial charge is 0.344 e. The predicted octanol–water partition coefficient (Wildman–Crippen LogP) is 3.66. The lowest BCUT2D eigenvalue weighted by molar-refractivity contribution is -0.131. The van der Waals surface area contributed by atoms with Crippen LogP contribution in [0, 0.1) is 11.6 Å². The predicted molar refractivity (Wildman–Crippen MR) is 91.9 cm³/mol. The first-order valence-corrected chi connectivity index (χ1v) is 8.58. The van der Waals surface area contributed by atoms with E-state index in [-0.39, 0.29) is 17.5 Å². The Bertz CT molecular complexity index is 838. The lowest BCUT2D eigenvalue weighted by Crippen LogP contribution is -2.47. The van der Waals surface area contributed by atoms with Crippen molar-refractivity contribution < 1.29 is 13.6 Å². The SMILES string of the molecule is CN1CC[C@@]2(CC[C@@H](c3cccc(-c4cccc(F)c4F)c3)N2)C1=O. The van der Waals surface area contributed by atoms with Crippen molar-refractivity contribution in [2.75, 3.05) is 13.6 Å². The van der Waals surface area contributed by atoms with Gasteiger partial charge in [0.15, 0.2) is 11.6 Å². The molecule has 1 N–H and O–H groups in total. The lowest BCUT2D eigenvalue weighted by Gasteiger charge is -2.23. The highest BCUT2D eigenvalue weighted by Gasteiger charge is 2.49. The van der Waals surface area contributed by atoms with Gasteiger partial charge in [0.05, 0.1) is 0 Å². The number of hydrogen-bond donors (Lipinski definition) is 1. The highest BCUT2D eigenvalue weighted by Crippen LogP contribution is 2.39. The molecule has 4 rings (SSSR count). The molecule has 0 unspecified atom stereocenters. The second-order valence-corrected chi connectivity index (χ2v) is 7.02. The maximum atomic E-state index is 14.1. The molecular weight excluding hydrogens is 322 g/mol. The number of nitrogens with zero attached hydrogens (tertiary/aromatic N) is 1. The van der Waals surface area contributed by atoms with Gasteiger partial charge in [0.2, 0.25) is 5.91 Å². The molecule has 0 aromatic heterocycles. The van der Waals surface area contributed by atoms with Crippen LogP contribution in [-0.2, 0) is 4.79 Å². The van der Waals surface area contributed by atoms with Gasteiger partial charge >= 0.3 is 0 Å². The fourth-order valence-corrected chi connectivity index (χ4v) is 4.07. The Morgan fingerprint density at radius 2 is 1.96 bits per heavy atom. The number of carbonyl (C=O) groups is 1. The summed E-state index contributed by atoms with van der Waals surface area (Å²) in [7, 11) is 1.83. The number of hydrogen-bond acceptors (Lipinski definition) is 2. The number of amides is 1. The summed E-state index contributed by atoms with van der Waals surface area (Å²) in [6.45, 7) is 0.771. The van der Waals surface area contributed by atoms with Crippen LogP contribution >= 0.6 is 0 Å². The van der Waals surface area contributed by atoms with Crippen molar-refractivity contribution in [3.63, 3.8) is 0 Å². The first kappa shape index (κ1) is 16.2. The number of likely N-dealkylation sites (tertiary alicyclic amines) is 1. The Hall–Kier alpha value is -2.27. The van der Waals surface area contributed by atoms with Crippen LogP contribution in [0.2, 0.25) is 0 Å². The van der Waals surface area contributed by atoms with Crippen LogP contribution in [0.4, 0.5) is 8.78 Å². The molecule has 2 aliphatic heterocycles. The van der Waals surface area contributed by atoms with E-state index in [0.717, 1.165) is 37.4 Å². The molecule has 0 radical (unpaired) electrons. The van der Waals surface area contributed by atoms with Gasteiger partial charge in [0.1, 0.15) is 5.54 Å². The molecule has 3 nitrogen and oxygen atoms in total. The highest BCUT2D eigenvalue weighted by atomic mass is 19.2. The van der Waals surface area contributed by atoms with Crippen LogP contribution in [-0.4, -0.2) is 29.9 Å². The zero-order valence-electron chi connectivity index (χ0n) is 14.1. The van der Waals surface area contributed by atoms with Gasteiger partial charge < -0.3 is 4.90 Å². The van der Waals surface area contributed by atoms with E-state index in [1.165, 1.54) is 6.07 Å². The monoisotopic (exact) mass is 342 g/mol. The van der Waals surface area contributed by atoms with Gasteiger partial charge in [-0.05, 0) is 42.5 Å². The number of halogens is 2. The van der Waals surface area contributed by atoms with Crippen molar-refractivity contribution in [2.45, 2.75) is 30.8 Å². The van der Waals surface area contributed by atoms with Crippen molar-refractivity contribution in [3.8, 4) is 11.1 Å². The van der Waals surface area contributed by atoms with Crippen LogP contribution in [0.5, 0.6) is 0 Å². The molecule has 1 spiro atoms. The summed E-state index contributed by atoms with van der Waals surface area (Å²) in [5.41, 5.74) is 1.44. The van der Waals surface area contributed by atoms with Gasteiger partial charge in [-0.25, -0.2) is 8.78 Å². The van der Waals surface area contributed by atoms with Crippen LogP contribution in [0.1, 0.15) is 30.9 Å². The van der Waals surface area contributed by atoms with Gasteiger partial charge in [-0.1, -0.05) is 30.3 Å². The minimum absolute atomic E-state index is 0.0482. The van der Waals surface area contributed by atoms with E-state index >= 15 is 0 Å². The van der Waals surface area contributed by atoms with E-state index in [1.54, 1.807) is 17.0 Å². The molecule has 2 aliphatic rings. The van der Waals surface area contributed by atoms with Crippen LogP contribution in [0.3, 0.4) is 0 Å². The molecule has 2 atom stereocenters. The number of benzene rings is 2. The van der Waals surface area contributed by atoms with Crippen LogP contribution in [0.25, 0.3) is 11.1 Å². The van der Waals surface area contributed by atoms with Gasteiger partial charge in [0.25, 0.3) is 0 Å². The zero-order valence-corrected chi connectivity index (χ0v) is 14.1. The summed E-state index contributed by atoms with van der Waals surface area (Å²) in [4.78, 5) is 14.2. The molecular formula is C20H20F2N2O. The van der Waals surface area contributed by atoms with Gasteiger partial charge in [0, 0.05) is 25.2 Å². The lowest BCUT2D eigenvalue weighted by atomic mass is 9.95. The van der Waals surface area contributed by atoms with E-state index in [0.29, 0.717) is 5.56 Å². The molecule has 2 saturated heterocycles. The number of rotatable bonds is 2. The molecule has 2 heterocycles. The van der Waals surface area contributed by atoms with Crippen molar-refractivity contribution >= 4 is 5.91 Å². The quantitative estimate of drug-likeness (QED) is 0.903. The van der Waals surface area contributed by atoms with E-state index in [9.17, 15) is 13.6 Å². The third-order valence-electron chi connectivity index (χ3n) is 5.49. The minimum Gasteiger partial charge on any atom is -0.344 e. The molecule has 2 aromatic carbocycles. The summed E-state index contributed by atoms with van der Waals surface area (Å²) >= 11 is 0. The van der Waals surface area contributed by atoms with E-state index in [1.807, 2.05) is 25.2 Å². The molecule has 1 amide bonds. The van der Waals surface area contributed by atoms with E-state index < -0.39 is 17.2 Å². The molecule has 2 aromatic rings. The summed E-state index contributed by atoms with van der Waals surface area (Å²) in [5, 5.41) is 3.51. The number of nitrogens with one attached hydrogen (secondary N) is 1. The average Bonchev–Trinajstić information content (AvgIpc) is 3.18. The second kappa shape index (κ2) is 5.92. The Labute approximate surface area is 145 Å². The fraction of sp³-hybridized carbons (Fsp3) is 0.350.